The van der Waals surface area contributed by atoms with Crippen molar-refractivity contribution in [3.63, 3.8) is 0 Å². The van der Waals surface area contributed by atoms with Crippen molar-refractivity contribution in [3.05, 3.63) is 29.3 Å². The lowest BCUT2D eigenvalue weighted by molar-refractivity contribution is 0.0368. The van der Waals surface area contributed by atoms with Crippen LogP contribution in [0.15, 0.2) is 18.2 Å². The molecule has 1 heterocycles. The van der Waals surface area contributed by atoms with Gasteiger partial charge in [0, 0.05) is 31.4 Å². The summed E-state index contributed by atoms with van der Waals surface area (Å²) in [4.78, 5) is 13.6. The quantitative estimate of drug-likeness (QED) is 0.860. The van der Waals surface area contributed by atoms with E-state index in [0.29, 0.717) is 11.3 Å². The number of ether oxygens (including phenoxy) is 1. The Hall–Kier alpha value is -1.59. The normalized spacial score (nSPS) is 17.7. The first-order valence-corrected chi connectivity index (χ1v) is 6.97. The number of carbonyl (C=O) groups is 1. The Kier molecular flexibility index (Phi) is 4.98. The van der Waals surface area contributed by atoms with Crippen LogP contribution >= 0.6 is 0 Å². The van der Waals surface area contributed by atoms with Gasteiger partial charge in [0.25, 0.3) is 0 Å². The summed E-state index contributed by atoms with van der Waals surface area (Å²) in [6.07, 6.45) is 0. The summed E-state index contributed by atoms with van der Waals surface area (Å²) in [5.74, 6) is -0.897. The van der Waals surface area contributed by atoms with Crippen molar-refractivity contribution in [2.75, 3.05) is 38.2 Å². The molecule has 0 radical (unpaired) electrons. The maximum absolute atomic E-state index is 11.2. The largest absolute Gasteiger partial charge is 0.478 e. The Bertz CT molecular complexity index is 470. The second kappa shape index (κ2) is 6.72. The zero-order chi connectivity index (χ0) is 14.5. The Labute approximate surface area is 119 Å². The molecular formula is C15H22N2O3. The van der Waals surface area contributed by atoms with E-state index in [-0.39, 0.29) is 6.04 Å². The molecule has 0 spiro atoms. The number of anilines is 1. The van der Waals surface area contributed by atoms with E-state index in [1.54, 1.807) is 6.07 Å². The maximum Gasteiger partial charge on any atom is 0.337 e. The van der Waals surface area contributed by atoms with Crippen LogP contribution in [0.1, 0.15) is 22.8 Å². The van der Waals surface area contributed by atoms with Gasteiger partial charge >= 0.3 is 5.97 Å². The number of aryl methyl sites for hydroxylation is 1. The number of hydrogen-bond acceptors (Lipinski definition) is 4. The third-order valence-corrected chi connectivity index (χ3v) is 3.44. The average molecular weight is 278 g/mol. The Morgan fingerprint density at radius 3 is 2.80 bits per heavy atom. The lowest BCUT2D eigenvalue weighted by Gasteiger charge is -2.30. The van der Waals surface area contributed by atoms with Crippen LogP contribution in [0.25, 0.3) is 0 Å². The van der Waals surface area contributed by atoms with Gasteiger partial charge in [0.05, 0.1) is 18.8 Å². The Morgan fingerprint density at radius 2 is 2.15 bits per heavy atom. The summed E-state index contributed by atoms with van der Waals surface area (Å²) in [7, 11) is 0. The molecule has 5 nitrogen and oxygen atoms in total. The molecule has 1 atom stereocenters. The predicted octanol–water partition coefficient (Wildman–Crippen LogP) is 1.83. The lowest BCUT2D eigenvalue weighted by Crippen LogP contribution is -2.42. The molecule has 2 N–H and O–H groups in total. The Morgan fingerprint density at radius 1 is 1.45 bits per heavy atom. The molecule has 1 unspecified atom stereocenters. The van der Waals surface area contributed by atoms with Gasteiger partial charge in [-0.05, 0) is 31.5 Å². The van der Waals surface area contributed by atoms with Crippen molar-refractivity contribution in [2.24, 2.45) is 0 Å². The van der Waals surface area contributed by atoms with Crippen LogP contribution in [-0.2, 0) is 4.74 Å². The van der Waals surface area contributed by atoms with Crippen LogP contribution in [-0.4, -0.2) is 54.9 Å². The molecule has 0 aliphatic carbocycles. The van der Waals surface area contributed by atoms with Crippen molar-refractivity contribution in [1.82, 2.24) is 4.90 Å². The molecule has 1 fully saturated rings. The first-order chi connectivity index (χ1) is 9.56. The number of rotatable bonds is 5. The summed E-state index contributed by atoms with van der Waals surface area (Å²) < 4.78 is 5.33. The van der Waals surface area contributed by atoms with Crippen LogP contribution in [0.5, 0.6) is 0 Å². The standard InChI is InChI=1S/C15H22N2O3/c1-11-3-4-13(15(18)19)14(9-11)16-12(2)10-17-5-7-20-8-6-17/h3-4,9,12,16H,5-8,10H2,1-2H3,(H,18,19). The fourth-order valence-corrected chi connectivity index (χ4v) is 2.45. The van der Waals surface area contributed by atoms with Crippen LogP contribution in [0.2, 0.25) is 0 Å². The zero-order valence-corrected chi connectivity index (χ0v) is 12.1. The molecule has 1 aliphatic heterocycles. The van der Waals surface area contributed by atoms with Crippen molar-refractivity contribution in [1.29, 1.82) is 0 Å². The third-order valence-electron chi connectivity index (χ3n) is 3.44. The van der Waals surface area contributed by atoms with E-state index in [1.807, 2.05) is 19.1 Å². The molecule has 1 aromatic carbocycles. The minimum absolute atomic E-state index is 0.188. The SMILES string of the molecule is Cc1ccc(C(=O)O)c(NC(C)CN2CCOCC2)c1. The molecular weight excluding hydrogens is 256 g/mol. The summed E-state index contributed by atoms with van der Waals surface area (Å²) in [5.41, 5.74) is 2.07. The van der Waals surface area contributed by atoms with Gasteiger partial charge in [0.2, 0.25) is 0 Å². The molecule has 0 bridgehead atoms. The second-order valence-electron chi connectivity index (χ2n) is 5.31. The minimum Gasteiger partial charge on any atom is -0.478 e. The van der Waals surface area contributed by atoms with Gasteiger partial charge in [-0.1, -0.05) is 6.07 Å². The highest BCUT2D eigenvalue weighted by atomic mass is 16.5. The summed E-state index contributed by atoms with van der Waals surface area (Å²) in [5, 5.41) is 12.5. The Balaban J connectivity index is 2.00. The third kappa shape index (κ3) is 3.95. The van der Waals surface area contributed by atoms with Gasteiger partial charge in [-0.25, -0.2) is 4.79 Å². The van der Waals surface area contributed by atoms with Crippen LogP contribution in [0.4, 0.5) is 5.69 Å². The average Bonchev–Trinajstić information content (AvgIpc) is 2.39. The topological polar surface area (TPSA) is 61.8 Å². The molecule has 20 heavy (non-hydrogen) atoms. The van der Waals surface area contributed by atoms with E-state index in [0.717, 1.165) is 38.4 Å². The number of hydrogen-bond donors (Lipinski definition) is 2. The molecule has 0 amide bonds. The minimum atomic E-state index is -0.897. The zero-order valence-electron chi connectivity index (χ0n) is 12.1. The van der Waals surface area contributed by atoms with E-state index < -0.39 is 5.97 Å². The highest BCUT2D eigenvalue weighted by Gasteiger charge is 2.16. The molecule has 1 aliphatic rings. The van der Waals surface area contributed by atoms with E-state index >= 15 is 0 Å². The highest BCUT2D eigenvalue weighted by molar-refractivity contribution is 5.94. The molecule has 110 valence electrons. The van der Waals surface area contributed by atoms with Crippen molar-refractivity contribution >= 4 is 11.7 Å². The molecule has 0 saturated carbocycles. The number of carboxylic acid groups (broad SMARTS) is 1. The number of nitrogens with zero attached hydrogens (tertiary/aromatic N) is 1. The smallest absolute Gasteiger partial charge is 0.337 e. The van der Waals surface area contributed by atoms with Gasteiger partial charge in [0.1, 0.15) is 0 Å². The fourth-order valence-electron chi connectivity index (χ4n) is 2.45. The fraction of sp³-hybridized carbons (Fsp3) is 0.533. The van der Waals surface area contributed by atoms with Crippen LogP contribution < -0.4 is 5.32 Å². The van der Waals surface area contributed by atoms with Crippen molar-refractivity contribution in [3.8, 4) is 0 Å². The first kappa shape index (κ1) is 14.8. The maximum atomic E-state index is 11.2. The summed E-state index contributed by atoms with van der Waals surface area (Å²) in [6, 6.07) is 5.55. The lowest BCUT2D eigenvalue weighted by atomic mass is 10.1. The second-order valence-corrected chi connectivity index (χ2v) is 5.31. The predicted molar refractivity (Wildman–Crippen MR) is 78.5 cm³/mol. The van der Waals surface area contributed by atoms with Gasteiger partial charge in [0.15, 0.2) is 0 Å². The van der Waals surface area contributed by atoms with Gasteiger partial charge < -0.3 is 15.2 Å². The van der Waals surface area contributed by atoms with E-state index in [2.05, 4.69) is 17.1 Å². The van der Waals surface area contributed by atoms with Gasteiger partial charge in [-0.15, -0.1) is 0 Å². The summed E-state index contributed by atoms with van der Waals surface area (Å²) in [6.45, 7) is 8.34. The number of carboxylic acids is 1. The summed E-state index contributed by atoms with van der Waals surface area (Å²) >= 11 is 0. The molecule has 1 saturated heterocycles. The molecule has 2 rings (SSSR count). The number of aromatic carboxylic acids is 1. The van der Waals surface area contributed by atoms with E-state index in [9.17, 15) is 9.90 Å². The number of morpholine rings is 1. The van der Waals surface area contributed by atoms with E-state index in [4.69, 9.17) is 4.74 Å². The highest BCUT2D eigenvalue weighted by Crippen LogP contribution is 2.19. The van der Waals surface area contributed by atoms with E-state index in [1.165, 1.54) is 0 Å². The van der Waals surface area contributed by atoms with Gasteiger partial charge in [-0.2, -0.15) is 0 Å². The van der Waals surface area contributed by atoms with Gasteiger partial charge in [-0.3, -0.25) is 4.90 Å². The van der Waals surface area contributed by atoms with Crippen molar-refractivity contribution in [2.45, 2.75) is 19.9 Å². The monoisotopic (exact) mass is 278 g/mol. The van der Waals surface area contributed by atoms with Crippen LogP contribution in [0.3, 0.4) is 0 Å². The molecule has 1 aromatic rings. The molecule has 5 heteroatoms. The van der Waals surface area contributed by atoms with Crippen LogP contribution in [0, 0.1) is 6.92 Å². The van der Waals surface area contributed by atoms with Crippen molar-refractivity contribution < 1.29 is 14.6 Å². The number of nitrogens with one attached hydrogen (secondary N) is 1. The first-order valence-electron chi connectivity index (χ1n) is 6.97. The molecule has 0 aromatic heterocycles. The number of benzene rings is 1.